The highest BCUT2D eigenvalue weighted by Gasteiger charge is 2.31. The van der Waals surface area contributed by atoms with Crippen LogP contribution in [0.15, 0.2) is 94.7 Å². The molecule has 5 rings (SSSR count). The number of carbonyl (C=O) groups excluding carboxylic acids is 2. The number of nitrogens with one attached hydrogen (secondary N) is 1. The first-order valence-electron chi connectivity index (χ1n) is 9.51. The molecule has 2 heterocycles. The average Bonchev–Trinajstić information content (AvgIpc) is 3.26. The Hall–Kier alpha value is -3.75. The Balaban J connectivity index is 1.46. The molecule has 7 nitrogen and oxygen atoms in total. The van der Waals surface area contributed by atoms with Crippen LogP contribution in [0.2, 0.25) is 0 Å². The van der Waals surface area contributed by atoms with E-state index in [0.29, 0.717) is 16.7 Å². The van der Waals surface area contributed by atoms with Crippen LogP contribution in [-0.4, -0.2) is 28.9 Å². The lowest BCUT2D eigenvalue weighted by molar-refractivity contribution is 0.0982. The molecule has 0 amide bonds. The highest BCUT2D eigenvalue weighted by Crippen LogP contribution is 2.30. The number of ketones is 2. The van der Waals surface area contributed by atoms with E-state index in [9.17, 15) is 18.0 Å². The van der Waals surface area contributed by atoms with Crippen molar-refractivity contribution in [2.24, 2.45) is 0 Å². The quantitative estimate of drug-likeness (QED) is 0.486. The number of pyridine rings is 1. The Morgan fingerprint density at radius 2 is 1.53 bits per heavy atom. The molecule has 4 aromatic rings. The zero-order valence-electron chi connectivity index (χ0n) is 16.3. The van der Waals surface area contributed by atoms with Gasteiger partial charge in [-0.25, -0.2) is 17.4 Å². The minimum atomic E-state index is -3.88. The minimum absolute atomic E-state index is 0.0441. The van der Waals surface area contributed by atoms with Crippen molar-refractivity contribution in [2.45, 2.75) is 4.90 Å². The van der Waals surface area contributed by atoms with E-state index in [0.717, 1.165) is 3.97 Å². The van der Waals surface area contributed by atoms with Crippen LogP contribution in [0.1, 0.15) is 20.7 Å². The summed E-state index contributed by atoms with van der Waals surface area (Å²) in [5, 5.41) is 3.35. The van der Waals surface area contributed by atoms with Crippen molar-refractivity contribution in [3.8, 4) is 0 Å². The summed E-state index contributed by atoms with van der Waals surface area (Å²) in [7, 11) is -3.88. The molecule has 0 aliphatic heterocycles. The molecule has 9 heteroatoms. The van der Waals surface area contributed by atoms with Crippen molar-refractivity contribution in [1.29, 1.82) is 0 Å². The summed E-state index contributed by atoms with van der Waals surface area (Å²) in [5.41, 5.74) is 1.20. The number of Topliss-reactive ketones (excluding diaryl/α,β-unsaturated/α-hetero) is 2. The monoisotopic (exact) mass is 463 g/mol. The van der Waals surface area contributed by atoms with E-state index >= 15 is 0 Å². The van der Waals surface area contributed by atoms with Gasteiger partial charge in [-0.1, -0.05) is 35.9 Å². The summed E-state index contributed by atoms with van der Waals surface area (Å²) in [4.78, 5) is 29.5. The fourth-order valence-electron chi connectivity index (χ4n) is 3.56. The van der Waals surface area contributed by atoms with Gasteiger partial charge in [0.05, 0.1) is 4.90 Å². The van der Waals surface area contributed by atoms with E-state index in [1.807, 2.05) is 0 Å². The summed E-state index contributed by atoms with van der Waals surface area (Å²) in [6, 6.07) is 17.4. The van der Waals surface area contributed by atoms with Crippen molar-refractivity contribution in [1.82, 2.24) is 8.96 Å². The molecular weight excluding hydrogens is 450 g/mol. The minimum Gasteiger partial charge on any atom is -0.351 e. The van der Waals surface area contributed by atoms with Crippen LogP contribution in [0, 0.1) is 0 Å². The van der Waals surface area contributed by atoms with Gasteiger partial charge >= 0.3 is 0 Å². The highest BCUT2D eigenvalue weighted by molar-refractivity contribution is 7.90. The number of hydrogen-bond acceptors (Lipinski definition) is 6. The molecule has 0 atom stereocenters. The fraction of sp³-hybridized carbons (Fsp3) is 0. The molecule has 0 saturated carbocycles. The largest absolute Gasteiger partial charge is 0.351 e. The van der Waals surface area contributed by atoms with E-state index in [2.05, 4.69) is 10.3 Å². The second-order valence-corrected chi connectivity index (χ2v) is 9.27. The number of fused-ring (bicyclic) bond motifs is 2. The number of allylic oxidation sites excluding steroid dienone is 2. The van der Waals surface area contributed by atoms with Gasteiger partial charge in [0.1, 0.15) is 10.7 Å². The number of rotatable bonds is 4. The number of anilines is 1. The first kappa shape index (κ1) is 20.2. The summed E-state index contributed by atoms with van der Waals surface area (Å²) in [6.07, 6.45) is 2.98. The first-order chi connectivity index (χ1) is 15.4. The standard InChI is InChI=1S/C23H14ClN3O4S/c24-19-20(22(29)18-6-2-1-5-17(18)21(19)28)26-15-7-9-16(10-8-15)32(30,31)27-13-11-14-4-3-12-25-23(14)27/h1-13,26H. The first-order valence-corrected chi connectivity index (χ1v) is 11.3. The van der Waals surface area contributed by atoms with Crippen molar-refractivity contribution < 1.29 is 18.0 Å². The van der Waals surface area contributed by atoms with Crippen LogP contribution in [0.3, 0.4) is 0 Å². The molecule has 32 heavy (non-hydrogen) atoms. The van der Waals surface area contributed by atoms with Crippen LogP contribution in [0.4, 0.5) is 5.69 Å². The third-order valence-electron chi connectivity index (χ3n) is 5.16. The van der Waals surface area contributed by atoms with E-state index in [1.165, 1.54) is 36.7 Å². The van der Waals surface area contributed by atoms with Crippen LogP contribution in [-0.2, 0) is 10.0 Å². The van der Waals surface area contributed by atoms with E-state index in [-0.39, 0.29) is 26.8 Å². The molecule has 0 bridgehead atoms. The predicted molar refractivity (Wildman–Crippen MR) is 120 cm³/mol. The van der Waals surface area contributed by atoms with Crippen molar-refractivity contribution >= 4 is 49.9 Å². The van der Waals surface area contributed by atoms with Crippen LogP contribution < -0.4 is 5.32 Å². The summed E-state index contributed by atoms with van der Waals surface area (Å²) >= 11 is 6.17. The predicted octanol–water partition coefficient (Wildman–Crippen LogP) is 4.21. The van der Waals surface area contributed by atoms with Gasteiger partial charge in [-0.2, -0.15) is 0 Å². The SMILES string of the molecule is O=C1C(Cl)=C(Nc2ccc(S(=O)(=O)n3ccc4cccnc43)cc2)C(=O)c2ccccc21. The van der Waals surface area contributed by atoms with Crippen LogP contribution in [0.25, 0.3) is 11.0 Å². The lowest BCUT2D eigenvalue weighted by atomic mass is 9.92. The number of benzene rings is 2. The Morgan fingerprint density at radius 1 is 0.844 bits per heavy atom. The van der Waals surface area contributed by atoms with Gasteiger partial charge in [-0.15, -0.1) is 0 Å². The molecule has 158 valence electrons. The van der Waals surface area contributed by atoms with Crippen molar-refractivity contribution in [3.05, 3.63) is 101 Å². The lowest BCUT2D eigenvalue weighted by Gasteiger charge is -2.19. The second-order valence-electron chi connectivity index (χ2n) is 7.08. The molecular formula is C23H14ClN3O4S. The molecule has 0 unspecified atom stereocenters. The van der Waals surface area contributed by atoms with Gasteiger partial charge in [-0.05, 0) is 42.5 Å². The zero-order valence-corrected chi connectivity index (χ0v) is 17.9. The molecule has 2 aromatic carbocycles. The van der Waals surface area contributed by atoms with Gasteiger partial charge in [-0.3, -0.25) is 9.59 Å². The van der Waals surface area contributed by atoms with Crippen LogP contribution in [0.5, 0.6) is 0 Å². The number of carbonyl (C=O) groups is 2. The second kappa shape index (κ2) is 7.44. The van der Waals surface area contributed by atoms with Crippen LogP contribution >= 0.6 is 11.6 Å². The van der Waals surface area contributed by atoms with Gasteiger partial charge in [0.15, 0.2) is 5.65 Å². The third-order valence-corrected chi connectivity index (χ3v) is 7.20. The van der Waals surface area contributed by atoms with Gasteiger partial charge in [0.2, 0.25) is 11.6 Å². The molecule has 1 N–H and O–H groups in total. The van der Waals surface area contributed by atoms with Gasteiger partial charge in [0, 0.05) is 34.6 Å². The fourth-order valence-corrected chi connectivity index (χ4v) is 5.10. The maximum absolute atomic E-state index is 13.1. The summed E-state index contributed by atoms with van der Waals surface area (Å²) in [6.45, 7) is 0. The molecule has 0 spiro atoms. The zero-order chi connectivity index (χ0) is 22.5. The van der Waals surface area contributed by atoms with E-state index < -0.39 is 21.6 Å². The molecule has 0 saturated heterocycles. The van der Waals surface area contributed by atoms with Gasteiger partial charge in [0.25, 0.3) is 10.0 Å². The smallest absolute Gasteiger partial charge is 0.269 e. The Labute approximate surface area is 188 Å². The van der Waals surface area contributed by atoms with Crippen molar-refractivity contribution in [3.63, 3.8) is 0 Å². The molecule has 1 aliphatic rings. The van der Waals surface area contributed by atoms with E-state index in [4.69, 9.17) is 11.6 Å². The third kappa shape index (κ3) is 3.12. The Morgan fingerprint density at radius 3 is 2.25 bits per heavy atom. The topological polar surface area (TPSA) is 98.1 Å². The lowest BCUT2D eigenvalue weighted by Crippen LogP contribution is -2.24. The van der Waals surface area contributed by atoms with Crippen molar-refractivity contribution in [2.75, 3.05) is 5.32 Å². The van der Waals surface area contributed by atoms with E-state index in [1.54, 1.807) is 42.5 Å². The molecule has 1 aliphatic carbocycles. The highest BCUT2D eigenvalue weighted by atomic mass is 35.5. The average molecular weight is 464 g/mol. The number of nitrogens with zero attached hydrogens (tertiary/aromatic N) is 2. The maximum Gasteiger partial charge on any atom is 0.269 e. The number of hydrogen-bond donors (Lipinski definition) is 1. The van der Waals surface area contributed by atoms with Gasteiger partial charge < -0.3 is 5.32 Å². The molecule has 0 radical (unpaired) electrons. The summed E-state index contributed by atoms with van der Waals surface area (Å²) < 4.78 is 27.3. The number of aromatic nitrogens is 2. The maximum atomic E-state index is 13.1. The molecule has 2 aromatic heterocycles. The number of halogens is 1. The summed E-state index contributed by atoms with van der Waals surface area (Å²) in [5.74, 6) is -0.859. The Bertz CT molecular complexity index is 1550. The molecule has 0 fully saturated rings. The Kier molecular flexibility index (Phi) is 4.69. The normalized spacial score (nSPS) is 14.0.